The van der Waals surface area contributed by atoms with Gasteiger partial charge in [-0.25, -0.2) is 14.3 Å². The number of rotatable bonds is 4. The highest BCUT2D eigenvalue weighted by Crippen LogP contribution is 2.14. The molecule has 2 rings (SSSR count). The van der Waals surface area contributed by atoms with Crippen LogP contribution in [0.2, 0.25) is 0 Å². The minimum Gasteiger partial charge on any atom is -0.475 e. The maximum Gasteiger partial charge on any atom is 0.371 e. The van der Waals surface area contributed by atoms with E-state index in [2.05, 4.69) is 15.0 Å². The van der Waals surface area contributed by atoms with Gasteiger partial charge in [-0.15, -0.1) is 5.10 Å². The van der Waals surface area contributed by atoms with Crippen LogP contribution in [0, 0.1) is 0 Å². The molecule has 2 aromatic heterocycles. The first kappa shape index (κ1) is 12.6. The molecule has 0 saturated carbocycles. The standard InChI is InChI=1S/C10H10N4O5/c1-18-10(17)7-8(11)14(13-12-7)4-5-2-3-6(19-5)9(15)16/h2-3H,4,11H2,1H3,(H,15,16). The van der Waals surface area contributed by atoms with Crippen molar-refractivity contribution in [3.05, 3.63) is 29.3 Å². The molecule has 2 aromatic rings. The van der Waals surface area contributed by atoms with Gasteiger partial charge in [-0.1, -0.05) is 5.21 Å². The number of methoxy groups -OCH3 is 1. The summed E-state index contributed by atoms with van der Waals surface area (Å²) in [5.74, 6) is -1.73. The summed E-state index contributed by atoms with van der Waals surface area (Å²) in [7, 11) is 1.20. The number of aromatic carboxylic acids is 1. The van der Waals surface area contributed by atoms with Gasteiger partial charge in [0.05, 0.1) is 7.11 Å². The third-order valence-corrected chi connectivity index (χ3v) is 2.33. The Morgan fingerprint density at radius 1 is 1.53 bits per heavy atom. The zero-order valence-electron chi connectivity index (χ0n) is 9.86. The lowest BCUT2D eigenvalue weighted by Gasteiger charge is -2.00. The number of carbonyl (C=O) groups excluding carboxylic acids is 1. The monoisotopic (exact) mass is 266 g/mol. The smallest absolute Gasteiger partial charge is 0.371 e. The van der Waals surface area contributed by atoms with E-state index in [4.69, 9.17) is 15.3 Å². The number of nitrogens with zero attached hydrogens (tertiary/aromatic N) is 3. The molecule has 0 aliphatic heterocycles. The van der Waals surface area contributed by atoms with Gasteiger partial charge in [0.1, 0.15) is 12.3 Å². The molecule has 0 unspecified atom stereocenters. The number of esters is 1. The Morgan fingerprint density at radius 3 is 2.84 bits per heavy atom. The van der Waals surface area contributed by atoms with Crippen LogP contribution in [0.5, 0.6) is 0 Å². The fourth-order valence-corrected chi connectivity index (χ4v) is 1.40. The van der Waals surface area contributed by atoms with Crippen LogP contribution in [-0.4, -0.2) is 39.1 Å². The van der Waals surface area contributed by atoms with Crippen molar-refractivity contribution in [2.45, 2.75) is 6.54 Å². The molecule has 100 valence electrons. The van der Waals surface area contributed by atoms with Crippen molar-refractivity contribution in [3.63, 3.8) is 0 Å². The Morgan fingerprint density at radius 2 is 2.26 bits per heavy atom. The van der Waals surface area contributed by atoms with E-state index in [-0.39, 0.29) is 23.8 Å². The number of carbonyl (C=O) groups is 2. The molecule has 0 atom stereocenters. The zero-order chi connectivity index (χ0) is 14.0. The Bertz CT molecular complexity index is 630. The Kier molecular flexibility index (Phi) is 3.19. The molecule has 0 fully saturated rings. The van der Waals surface area contributed by atoms with E-state index in [9.17, 15) is 9.59 Å². The summed E-state index contributed by atoms with van der Waals surface area (Å²) < 4.78 is 10.7. The van der Waals surface area contributed by atoms with Gasteiger partial charge in [0, 0.05) is 0 Å². The van der Waals surface area contributed by atoms with Crippen LogP contribution in [-0.2, 0) is 11.3 Å². The molecule has 9 nitrogen and oxygen atoms in total. The number of aromatic nitrogens is 3. The summed E-state index contributed by atoms with van der Waals surface area (Å²) in [6.07, 6.45) is 0. The fourth-order valence-electron chi connectivity index (χ4n) is 1.40. The van der Waals surface area contributed by atoms with Crippen molar-refractivity contribution in [3.8, 4) is 0 Å². The molecular formula is C10H10N4O5. The normalized spacial score (nSPS) is 10.4. The predicted molar refractivity (Wildman–Crippen MR) is 60.5 cm³/mol. The van der Waals surface area contributed by atoms with Crippen LogP contribution in [0.4, 0.5) is 5.82 Å². The number of hydrogen-bond donors (Lipinski definition) is 2. The van der Waals surface area contributed by atoms with Crippen molar-refractivity contribution in [1.29, 1.82) is 0 Å². The molecule has 0 saturated heterocycles. The van der Waals surface area contributed by atoms with Crippen LogP contribution in [0.1, 0.15) is 26.8 Å². The van der Waals surface area contributed by atoms with Gasteiger partial charge in [-0.3, -0.25) is 0 Å². The SMILES string of the molecule is COC(=O)c1nnn(Cc2ccc(C(=O)O)o2)c1N. The third-order valence-electron chi connectivity index (χ3n) is 2.33. The molecule has 0 amide bonds. The molecule has 9 heteroatoms. The summed E-state index contributed by atoms with van der Waals surface area (Å²) in [6.45, 7) is 0.0586. The average molecular weight is 266 g/mol. The van der Waals surface area contributed by atoms with Gasteiger partial charge in [0.2, 0.25) is 11.5 Å². The number of furan rings is 1. The van der Waals surface area contributed by atoms with Crippen molar-refractivity contribution < 1.29 is 23.8 Å². The van der Waals surface area contributed by atoms with Crippen molar-refractivity contribution in [2.75, 3.05) is 12.8 Å². The first-order chi connectivity index (χ1) is 9.02. The molecule has 0 bridgehead atoms. The Balaban J connectivity index is 2.21. The van der Waals surface area contributed by atoms with Gasteiger partial charge >= 0.3 is 11.9 Å². The van der Waals surface area contributed by atoms with Gasteiger partial charge < -0.3 is 20.0 Å². The van der Waals surface area contributed by atoms with Crippen LogP contribution in [0.25, 0.3) is 0 Å². The molecule has 2 heterocycles. The highest BCUT2D eigenvalue weighted by atomic mass is 16.5. The molecule has 0 radical (unpaired) electrons. The fraction of sp³-hybridized carbons (Fsp3) is 0.200. The maximum atomic E-state index is 11.3. The first-order valence-electron chi connectivity index (χ1n) is 5.12. The largest absolute Gasteiger partial charge is 0.475 e. The second-order valence-electron chi connectivity index (χ2n) is 3.54. The van der Waals surface area contributed by atoms with Crippen LogP contribution in [0.3, 0.4) is 0 Å². The highest BCUT2D eigenvalue weighted by molar-refractivity contribution is 5.91. The molecular weight excluding hydrogens is 256 g/mol. The zero-order valence-corrected chi connectivity index (χ0v) is 9.86. The Hall–Kier alpha value is -2.84. The van der Waals surface area contributed by atoms with Gasteiger partial charge in [0.15, 0.2) is 5.82 Å². The second kappa shape index (κ2) is 4.80. The van der Waals surface area contributed by atoms with Crippen molar-refractivity contribution >= 4 is 17.8 Å². The summed E-state index contributed by atoms with van der Waals surface area (Å²) in [6, 6.07) is 2.79. The quantitative estimate of drug-likeness (QED) is 0.738. The van der Waals surface area contributed by atoms with Crippen LogP contribution < -0.4 is 5.73 Å². The lowest BCUT2D eigenvalue weighted by molar-refractivity contribution is 0.0594. The minimum absolute atomic E-state index is 0.0140. The number of carboxylic acids is 1. The molecule has 3 N–H and O–H groups in total. The van der Waals surface area contributed by atoms with E-state index in [0.717, 1.165) is 0 Å². The van der Waals surface area contributed by atoms with Crippen LogP contribution >= 0.6 is 0 Å². The van der Waals surface area contributed by atoms with E-state index >= 15 is 0 Å². The van der Waals surface area contributed by atoms with Gasteiger partial charge in [-0.2, -0.15) is 0 Å². The van der Waals surface area contributed by atoms with Gasteiger partial charge in [-0.05, 0) is 12.1 Å². The average Bonchev–Trinajstić information content (AvgIpc) is 2.98. The summed E-state index contributed by atoms with van der Waals surface area (Å²) in [5, 5.41) is 16.0. The van der Waals surface area contributed by atoms with Gasteiger partial charge in [0.25, 0.3) is 0 Å². The third kappa shape index (κ3) is 2.39. The summed E-state index contributed by atoms with van der Waals surface area (Å²) in [5.41, 5.74) is 5.57. The molecule has 0 aromatic carbocycles. The Labute approximate surface area is 106 Å². The molecule has 19 heavy (non-hydrogen) atoms. The number of carboxylic acid groups (broad SMARTS) is 1. The van der Waals surface area contributed by atoms with Crippen molar-refractivity contribution in [1.82, 2.24) is 15.0 Å². The molecule has 0 aliphatic rings. The number of anilines is 1. The topological polar surface area (TPSA) is 133 Å². The summed E-state index contributed by atoms with van der Waals surface area (Å²) >= 11 is 0. The number of nitrogens with two attached hydrogens (primary N) is 1. The van der Waals surface area contributed by atoms with Crippen LogP contribution in [0.15, 0.2) is 16.5 Å². The van der Waals surface area contributed by atoms with E-state index in [0.29, 0.717) is 5.76 Å². The minimum atomic E-state index is -1.17. The lowest BCUT2D eigenvalue weighted by Crippen LogP contribution is -2.09. The number of nitrogen functional groups attached to an aromatic ring is 1. The van der Waals surface area contributed by atoms with E-state index in [1.165, 1.54) is 23.9 Å². The lowest BCUT2D eigenvalue weighted by atomic mass is 10.4. The maximum absolute atomic E-state index is 11.3. The van der Waals surface area contributed by atoms with E-state index in [1.54, 1.807) is 0 Å². The number of hydrogen-bond acceptors (Lipinski definition) is 7. The molecule has 0 spiro atoms. The summed E-state index contributed by atoms with van der Waals surface area (Å²) in [4.78, 5) is 21.9. The molecule has 0 aliphatic carbocycles. The van der Waals surface area contributed by atoms with Crippen molar-refractivity contribution in [2.24, 2.45) is 0 Å². The second-order valence-corrected chi connectivity index (χ2v) is 3.54. The number of ether oxygens (including phenoxy) is 1. The first-order valence-corrected chi connectivity index (χ1v) is 5.12. The predicted octanol–water partition coefficient (Wildman–Crippen LogP) is -0.0136. The highest BCUT2D eigenvalue weighted by Gasteiger charge is 2.19. The van der Waals surface area contributed by atoms with E-state index < -0.39 is 11.9 Å². The van der Waals surface area contributed by atoms with E-state index in [1.807, 2.05) is 0 Å².